The van der Waals surface area contributed by atoms with Crippen molar-refractivity contribution in [2.24, 2.45) is 0 Å². The molecule has 0 aliphatic rings. The Balaban J connectivity index is 2.40. The molecule has 0 aliphatic heterocycles. The van der Waals surface area contributed by atoms with Crippen LogP contribution in [0.3, 0.4) is 0 Å². The van der Waals surface area contributed by atoms with Crippen molar-refractivity contribution in [1.82, 2.24) is 0 Å². The van der Waals surface area contributed by atoms with Gasteiger partial charge in [-0.2, -0.15) is 8.42 Å². The van der Waals surface area contributed by atoms with Gasteiger partial charge in [0, 0.05) is 11.1 Å². The lowest BCUT2D eigenvalue weighted by Gasteiger charge is -2.15. The summed E-state index contributed by atoms with van der Waals surface area (Å²) in [6.07, 6.45) is 0. The minimum Gasteiger partial charge on any atom is -0.282 e. The van der Waals surface area contributed by atoms with Crippen LogP contribution in [0.25, 0.3) is 22.3 Å². The van der Waals surface area contributed by atoms with Crippen LogP contribution < -0.4 is 0 Å². The van der Waals surface area contributed by atoms with Crippen molar-refractivity contribution >= 4 is 10.1 Å². The van der Waals surface area contributed by atoms with Gasteiger partial charge in [-0.05, 0) is 35.7 Å². The molecule has 3 rings (SSSR count). The number of aryl methyl sites for hydroxylation is 1. The maximum atomic E-state index is 12.1. The van der Waals surface area contributed by atoms with Gasteiger partial charge in [0.1, 0.15) is 4.90 Å². The zero-order chi connectivity index (χ0) is 16.4. The lowest BCUT2D eigenvalue weighted by molar-refractivity contribution is 0.484. The van der Waals surface area contributed by atoms with Crippen LogP contribution in [0.2, 0.25) is 0 Å². The van der Waals surface area contributed by atoms with E-state index in [1.54, 1.807) is 12.1 Å². The molecule has 0 unspecified atom stereocenters. The first kappa shape index (κ1) is 15.5. The van der Waals surface area contributed by atoms with Crippen LogP contribution in [0.4, 0.5) is 0 Å². The van der Waals surface area contributed by atoms with E-state index in [4.69, 9.17) is 0 Å². The second-order valence-electron chi connectivity index (χ2n) is 5.40. The minimum atomic E-state index is -4.38. The summed E-state index contributed by atoms with van der Waals surface area (Å²) >= 11 is 0. The Bertz CT molecular complexity index is 870. The van der Waals surface area contributed by atoms with E-state index >= 15 is 0 Å². The van der Waals surface area contributed by atoms with Crippen molar-refractivity contribution in [3.8, 4) is 22.3 Å². The molecule has 0 heterocycles. The van der Waals surface area contributed by atoms with E-state index in [-0.39, 0.29) is 4.90 Å². The maximum Gasteiger partial charge on any atom is 0.295 e. The third-order valence-electron chi connectivity index (χ3n) is 3.66. The summed E-state index contributed by atoms with van der Waals surface area (Å²) in [7, 11) is -4.38. The van der Waals surface area contributed by atoms with Crippen molar-refractivity contribution in [2.45, 2.75) is 11.8 Å². The van der Waals surface area contributed by atoms with E-state index < -0.39 is 10.1 Å². The maximum absolute atomic E-state index is 12.1. The van der Waals surface area contributed by atoms with Gasteiger partial charge in [-0.15, -0.1) is 0 Å². The van der Waals surface area contributed by atoms with Gasteiger partial charge < -0.3 is 0 Å². The second kappa shape index (κ2) is 5.99. The quantitative estimate of drug-likeness (QED) is 0.718. The highest BCUT2D eigenvalue weighted by Gasteiger charge is 2.22. The molecule has 3 aromatic carbocycles. The zero-order valence-corrected chi connectivity index (χ0v) is 13.4. The Hall–Kier alpha value is -2.43. The third kappa shape index (κ3) is 3.18. The molecule has 0 radical (unpaired) electrons. The van der Waals surface area contributed by atoms with Crippen molar-refractivity contribution in [3.05, 3.63) is 78.4 Å². The van der Waals surface area contributed by atoms with E-state index in [2.05, 4.69) is 0 Å². The molecule has 1 N–H and O–H groups in total. The minimum absolute atomic E-state index is 0.0551. The summed E-state index contributed by atoms with van der Waals surface area (Å²) in [5, 5.41) is 0. The van der Waals surface area contributed by atoms with Crippen LogP contribution in [0, 0.1) is 6.92 Å². The van der Waals surface area contributed by atoms with Gasteiger partial charge in [0.2, 0.25) is 0 Å². The van der Waals surface area contributed by atoms with Crippen molar-refractivity contribution < 1.29 is 13.0 Å². The first-order chi connectivity index (χ1) is 11.0. The summed E-state index contributed by atoms with van der Waals surface area (Å²) in [6, 6.07) is 22.0. The molecule has 116 valence electrons. The van der Waals surface area contributed by atoms with Crippen molar-refractivity contribution in [1.29, 1.82) is 0 Å². The average Bonchev–Trinajstić information content (AvgIpc) is 2.54. The number of hydrogen-bond acceptors (Lipinski definition) is 2. The Labute approximate surface area is 136 Å². The normalized spacial score (nSPS) is 11.4. The smallest absolute Gasteiger partial charge is 0.282 e. The standard InChI is InChI=1S/C19H16O3S/c1-14-12-17(15-8-4-2-5-9-15)19(23(20,21)22)18(13-14)16-10-6-3-7-11-16/h2-13H,1H3,(H,20,21,22). The largest absolute Gasteiger partial charge is 0.295 e. The molecule has 0 saturated heterocycles. The predicted molar refractivity (Wildman–Crippen MR) is 91.9 cm³/mol. The molecule has 0 spiro atoms. The fraction of sp³-hybridized carbons (Fsp3) is 0.0526. The van der Waals surface area contributed by atoms with Gasteiger partial charge in [-0.25, -0.2) is 0 Å². The molecule has 0 aromatic heterocycles. The fourth-order valence-electron chi connectivity index (χ4n) is 2.72. The highest BCUT2D eigenvalue weighted by atomic mass is 32.2. The van der Waals surface area contributed by atoms with Gasteiger partial charge >= 0.3 is 0 Å². The van der Waals surface area contributed by atoms with Gasteiger partial charge in [0.05, 0.1) is 0 Å². The molecule has 0 saturated carbocycles. The molecule has 3 nitrogen and oxygen atoms in total. The molecular formula is C19H16O3S. The molecule has 3 aromatic rings. The molecule has 0 fully saturated rings. The van der Waals surface area contributed by atoms with E-state index in [0.717, 1.165) is 16.7 Å². The van der Waals surface area contributed by atoms with Crippen molar-refractivity contribution in [2.75, 3.05) is 0 Å². The highest BCUT2D eigenvalue weighted by molar-refractivity contribution is 7.86. The number of benzene rings is 3. The van der Waals surface area contributed by atoms with E-state index in [1.165, 1.54) is 0 Å². The molecule has 4 heteroatoms. The van der Waals surface area contributed by atoms with E-state index in [9.17, 15) is 13.0 Å². The van der Waals surface area contributed by atoms with E-state index in [0.29, 0.717) is 11.1 Å². The molecule has 0 bridgehead atoms. The van der Waals surface area contributed by atoms with Crippen LogP contribution in [0.5, 0.6) is 0 Å². The highest BCUT2D eigenvalue weighted by Crippen LogP contribution is 2.36. The lowest BCUT2D eigenvalue weighted by atomic mass is 9.96. The first-order valence-corrected chi connectivity index (χ1v) is 8.64. The summed E-state index contributed by atoms with van der Waals surface area (Å²) in [4.78, 5) is -0.0551. The SMILES string of the molecule is Cc1cc(-c2ccccc2)c(S(=O)(=O)O)c(-c2ccccc2)c1. The topological polar surface area (TPSA) is 54.4 Å². The summed E-state index contributed by atoms with van der Waals surface area (Å²) < 4.78 is 34.0. The molecule has 23 heavy (non-hydrogen) atoms. The third-order valence-corrected chi connectivity index (χ3v) is 4.62. The number of rotatable bonds is 3. The van der Waals surface area contributed by atoms with Gasteiger partial charge in [-0.3, -0.25) is 4.55 Å². The summed E-state index contributed by atoms with van der Waals surface area (Å²) in [5.74, 6) is 0. The van der Waals surface area contributed by atoms with Crippen LogP contribution in [-0.4, -0.2) is 13.0 Å². The second-order valence-corrected chi connectivity index (χ2v) is 6.75. The van der Waals surface area contributed by atoms with Crippen LogP contribution in [0.15, 0.2) is 77.7 Å². The van der Waals surface area contributed by atoms with Crippen LogP contribution in [0.1, 0.15) is 5.56 Å². The summed E-state index contributed by atoms with van der Waals surface area (Å²) in [6.45, 7) is 1.91. The summed E-state index contributed by atoms with van der Waals surface area (Å²) in [5.41, 5.74) is 3.44. The van der Waals surface area contributed by atoms with Crippen LogP contribution >= 0.6 is 0 Å². The Morgan fingerprint density at radius 1 is 0.739 bits per heavy atom. The molecule has 0 aliphatic carbocycles. The van der Waals surface area contributed by atoms with Gasteiger partial charge in [0.25, 0.3) is 10.1 Å². The molecule has 0 atom stereocenters. The lowest BCUT2D eigenvalue weighted by Crippen LogP contribution is -2.04. The number of hydrogen-bond donors (Lipinski definition) is 1. The Morgan fingerprint density at radius 3 is 1.48 bits per heavy atom. The van der Waals surface area contributed by atoms with Crippen molar-refractivity contribution in [3.63, 3.8) is 0 Å². The fourth-order valence-corrected chi connectivity index (χ4v) is 3.62. The average molecular weight is 324 g/mol. The monoisotopic (exact) mass is 324 g/mol. The van der Waals surface area contributed by atoms with Crippen LogP contribution in [-0.2, 0) is 10.1 Å². The van der Waals surface area contributed by atoms with E-state index in [1.807, 2.05) is 67.6 Å². The first-order valence-electron chi connectivity index (χ1n) is 7.20. The molecular weight excluding hydrogens is 308 g/mol. The molecule has 0 amide bonds. The Kier molecular flexibility index (Phi) is 4.03. The Morgan fingerprint density at radius 2 is 1.13 bits per heavy atom. The zero-order valence-electron chi connectivity index (χ0n) is 12.6. The van der Waals surface area contributed by atoms with Gasteiger partial charge in [-0.1, -0.05) is 60.7 Å². The predicted octanol–water partition coefficient (Wildman–Crippen LogP) is 4.58. The van der Waals surface area contributed by atoms with Gasteiger partial charge in [0.15, 0.2) is 0 Å².